The standard InChI is InChI=1S/C12H18N2O2S/c1-3-14(7-9-5-4-6-9)12-13-10(11(15)16)8(2)17-12/h9H,3-7H2,1-2H3,(H,15,16). The molecule has 0 unspecified atom stereocenters. The summed E-state index contributed by atoms with van der Waals surface area (Å²) >= 11 is 1.49. The summed E-state index contributed by atoms with van der Waals surface area (Å²) in [7, 11) is 0. The van der Waals surface area contributed by atoms with Crippen molar-refractivity contribution >= 4 is 22.4 Å². The molecule has 94 valence electrons. The van der Waals surface area contributed by atoms with Gasteiger partial charge in [0, 0.05) is 18.0 Å². The number of carboxylic acid groups (broad SMARTS) is 1. The Kier molecular flexibility index (Phi) is 3.66. The lowest BCUT2D eigenvalue weighted by Gasteiger charge is -2.31. The monoisotopic (exact) mass is 254 g/mol. The highest BCUT2D eigenvalue weighted by Crippen LogP contribution is 2.31. The van der Waals surface area contributed by atoms with E-state index in [1.165, 1.54) is 30.6 Å². The smallest absolute Gasteiger partial charge is 0.355 e. The SMILES string of the molecule is CCN(CC1CCC1)c1nc(C(=O)O)c(C)s1. The lowest BCUT2D eigenvalue weighted by atomic mass is 9.85. The third kappa shape index (κ3) is 2.60. The number of anilines is 1. The van der Waals surface area contributed by atoms with Crippen molar-refractivity contribution < 1.29 is 9.90 Å². The molecular formula is C12H18N2O2S. The maximum Gasteiger partial charge on any atom is 0.355 e. The van der Waals surface area contributed by atoms with Crippen LogP contribution in [0.25, 0.3) is 0 Å². The second-order valence-electron chi connectivity index (χ2n) is 4.54. The van der Waals surface area contributed by atoms with Gasteiger partial charge in [-0.15, -0.1) is 11.3 Å². The number of hydrogen-bond acceptors (Lipinski definition) is 4. The quantitative estimate of drug-likeness (QED) is 0.878. The Morgan fingerprint density at radius 3 is 2.71 bits per heavy atom. The summed E-state index contributed by atoms with van der Waals surface area (Å²) in [5.74, 6) is -0.155. The van der Waals surface area contributed by atoms with Crippen molar-refractivity contribution in [2.45, 2.75) is 33.1 Å². The van der Waals surface area contributed by atoms with E-state index in [0.29, 0.717) is 0 Å². The van der Waals surface area contributed by atoms with E-state index in [0.717, 1.165) is 29.0 Å². The van der Waals surface area contributed by atoms with Gasteiger partial charge in [0.25, 0.3) is 0 Å². The van der Waals surface area contributed by atoms with Gasteiger partial charge >= 0.3 is 5.97 Å². The molecule has 1 fully saturated rings. The number of thiazole rings is 1. The average molecular weight is 254 g/mol. The molecule has 0 atom stereocenters. The molecule has 0 spiro atoms. The summed E-state index contributed by atoms with van der Waals surface area (Å²) in [6.45, 7) is 5.82. The largest absolute Gasteiger partial charge is 0.476 e. The first-order chi connectivity index (χ1) is 8.11. The lowest BCUT2D eigenvalue weighted by Crippen LogP contribution is -2.32. The Hall–Kier alpha value is -1.10. The van der Waals surface area contributed by atoms with Crippen LogP contribution in [0, 0.1) is 12.8 Å². The molecule has 1 aliphatic rings. The molecule has 1 aromatic heterocycles. The zero-order valence-corrected chi connectivity index (χ0v) is 11.1. The van der Waals surface area contributed by atoms with Crippen molar-refractivity contribution in [2.75, 3.05) is 18.0 Å². The fraction of sp³-hybridized carbons (Fsp3) is 0.667. The predicted octanol–water partition coefficient (Wildman–Crippen LogP) is 2.78. The van der Waals surface area contributed by atoms with E-state index in [-0.39, 0.29) is 5.69 Å². The molecule has 0 aliphatic heterocycles. The van der Waals surface area contributed by atoms with Crippen LogP contribution in [-0.2, 0) is 0 Å². The third-order valence-corrected chi connectivity index (χ3v) is 4.38. The molecule has 0 bridgehead atoms. The number of hydrogen-bond donors (Lipinski definition) is 1. The summed E-state index contributed by atoms with van der Waals surface area (Å²) in [5.41, 5.74) is 0.206. The van der Waals surface area contributed by atoms with Crippen LogP contribution in [0.5, 0.6) is 0 Å². The maximum absolute atomic E-state index is 11.0. The minimum absolute atomic E-state index is 0.206. The van der Waals surface area contributed by atoms with Gasteiger partial charge in [0.15, 0.2) is 10.8 Å². The third-order valence-electron chi connectivity index (χ3n) is 3.34. The van der Waals surface area contributed by atoms with Crippen LogP contribution in [0.3, 0.4) is 0 Å². The van der Waals surface area contributed by atoms with Crippen LogP contribution in [-0.4, -0.2) is 29.1 Å². The van der Waals surface area contributed by atoms with Gasteiger partial charge in [-0.05, 0) is 32.6 Å². The molecule has 0 radical (unpaired) electrons. The molecule has 1 heterocycles. The Bertz CT molecular complexity index is 413. The fourth-order valence-corrected chi connectivity index (χ4v) is 3.02. The second kappa shape index (κ2) is 5.04. The molecule has 0 amide bonds. The van der Waals surface area contributed by atoms with E-state index in [2.05, 4.69) is 16.8 Å². The lowest BCUT2D eigenvalue weighted by molar-refractivity contribution is 0.0690. The van der Waals surface area contributed by atoms with Crippen LogP contribution < -0.4 is 4.90 Å². The molecule has 17 heavy (non-hydrogen) atoms. The normalized spacial score (nSPS) is 15.6. The number of carboxylic acids is 1. The summed E-state index contributed by atoms with van der Waals surface area (Å²) in [6.07, 6.45) is 3.93. The van der Waals surface area contributed by atoms with E-state index < -0.39 is 5.97 Å². The van der Waals surface area contributed by atoms with Gasteiger partial charge < -0.3 is 10.0 Å². The van der Waals surface area contributed by atoms with Gasteiger partial charge in [-0.25, -0.2) is 9.78 Å². The van der Waals surface area contributed by atoms with Gasteiger partial charge in [-0.3, -0.25) is 0 Å². The van der Waals surface area contributed by atoms with Crippen molar-refractivity contribution in [3.63, 3.8) is 0 Å². The van der Waals surface area contributed by atoms with E-state index in [1.807, 2.05) is 6.92 Å². The Labute approximate surface area is 105 Å². The molecule has 1 aromatic rings. The van der Waals surface area contributed by atoms with Gasteiger partial charge in [0.05, 0.1) is 0 Å². The molecule has 1 saturated carbocycles. The first-order valence-electron chi connectivity index (χ1n) is 6.07. The molecule has 1 aliphatic carbocycles. The molecule has 0 aromatic carbocycles. The molecule has 2 rings (SSSR count). The van der Waals surface area contributed by atoms with Gasteiger partial charge in [-0.2, -0.15) is 0 Å². The van der Waals surface area contributed by atoms with Crippen molar-refractivity contribution in [3.8, 4) is 0 Å². The van der Waals surface area contributed by atoms with Gasteiger partial charge in [0.2, 0.25) is 0 Å². The number of aromatic nitrogens is 1. The van der Waals surface area contributed by atoms with Crippen molar-refractivity contribution in [1.82, 2.24) is 4.98 Å². The summed E-state index contributed by atoms with van der Waals surface area (Å²) in [6, 6.07) is 0. The topological polar surface area (TPSA) is 53.4 Å². The molecule has 4 nitrogen and oxygen atoms in total. The highest BCUT2D eigenvalue weighted by Gasteiger charge is 2.23. The van der Waals surface area contributed by atoms with E-state index >= 15 is 0 Å². The van der Waals surface area contributed by atoms with Crippen LogP contribution in [0.1, 0.15) is 41.6 Å². The molecule has 1 N–H and O–H groups in total. The zero-order valence-electron chi connectivity index (χ0n) is 10.3. The van der Waals surface area contributed by atoms with Crippen molar-refractivity contribution in [1.29, 1.82) is 0 Å². The highest BCUT2D eigenvalue weighted by molar-refractivity contribution is 7.15. The van der Waals surface area contributed by atoms with E-state index in [1.54, 1.807) is 0 Å². The minimum atomic E-state index is -0.926. The fourth-order valence-electron chi connectivity index (χ4n) is 2.05. The van der Waals surface area contributed by atoms with Gasteiger partial charge in [-0.1, -0.05) is 6.42 Å². The Balaban J connectivity index is 2.12. The summed E-state index contributed by atoms with van der Waals surface area (Å²) < 4.78 is 0. The number of carbonyl (C=O) groups is 1. The predicted molar refractivity (Wildman–Crippen MR) is 69.0 cm³/mol. The van der Waals surface area contributed by atoms with Crippen molar-refractivity contribution in [3.05, 3.63) is 10.6 Å². The number of nitrogens with zero attached hydrogens (tertiary/aromatic N) is 2. The van der Waals surface area contributed by atoms with E-state index in [4.69, 9.17) is 5.11 Å². The van der Waals surface area contributed by atoms with Crippen LogP contribution in [0.15, 0.2) is 0 Å². The molecule has 5 heteroatoms. The Morgan fingerprint density at radius 1 is 1.59 bits per heavy atom. The number of aryl methyl sites for hydroxylation is 1. The molecular weight excluding hydrogens is 236 g/mol. The highest BCUT2D eigenvalue weighted by atomic mass is 32.1. The first kappa shape index (κ1) is 12.4. The average Bonchev–Trinajstić information content (AvgIpc) is 2.59. The Morgan fingerprint density at radius 2 is 2.29 bits per heavy atom. The zero-order chi connectivity index (χ0) is 12.4. The van der Waals surface area contributed by atoms with Crippen LogP contribution >= 0.6 is 11.3 Å². The first-order valence-corrected chi connectivity index (χ1v) is 6.89. The van der Waals surface area contributed by atoms with Gasteiger partial charge in [0.1, 0.15) is 0 Å². The number of aromatic carboxylic acids is 1. The van der Waals surface area contributed by atoms with Crippen LogP contribution in [0.4, 0.5) is 5.13 Å². The summed E-state index contributed by atoms with van der Waals surface area (Å²) in [4.78, 5) is 18.2. The summed E-state index contributed by atoms with van der Waals surface area (Å²) in [5, 5.41) is 9.85. The molecule has 0 saturated heterocycles. The second-order valence-corrected chi connectivity index (χ2v) is 5.72. The van der Waals surface area contributed by atoms with Crippen LogP contribution in [0.2, 0.25) is 0 Å². The van der Waals surface area contributed by atoms with Crippen molar-refractivity contribution in [2.24, 2.45) is 5.92 Å². The number of rotatable bonds is 5. The van der Waals surface area contributed by atoms with E-state index in [9.17, 15) is 4.79 Å². The maximum atomic E-state index is 11.0. The minimum Gasteiger partial charge on any atom is -0.476 e.